The van der Waals surface area contributed by atoms with Crippen LogP contribution in [0.4, 0.5) is 13.2 Å². The lowest BCUT2D eigenvalue weighted by molar-refractivity contribution is -0.274. The molecule has 0 saturated carbocycles. The molecule has 0 unspecified atom stereocenters. The van der Waals surface area contributed by atoms with Crippen molar-refractivity contribution in [1.29, 1.82) is 0 Å². The zero-order valence-electron chi connectivity index (χ0n) is 17.1. The van der Waals surface area contributed by atoms with Gasteiger partial charge in [-0.1, -0.05) is 6.92 Å². The second kappa shape index (κ2) is 9.29. The van der Waals surface area contributed by atoms with Gasteiger partial charge >= 0.3 is 6.36 Å². The van der Waals surface area contributed by atoms with Gasteiger partial charge in [0.1, 0.15) is 17.2 Å². The van der Waals surface area contributed by atoms with Crippen LogP contribution < -0.4 is 9.47 Å². The summed E-state index contributed by atoms with van der Waals surface area (Å²) in [6.07, 6.45) is -4.58. The first-order chi connectivity index (χ1) is 15.0. The van der Waals surface area contributed by atoms with Crippen molar-refractivity contribution in [2.24, 2.45) is 0 Å². The van der Waals surface area contributed by atoms with Crippen molar-refractivity contribution >= 4 is 26.7 Å². The molecular formula is C21H21ClF3NO5S. The van der Waals surface area contributed by atoms with E-state index in [9.17, 15) is 26.4 Å². The summed E-state index contributed by atoms with van der Waals surface area (Å²) in [6, 6.07) is 10.2. The van der Waals surface area contributed by atoms with E-state index in [1.165, 1.54) is 36.4 Å². The third-order valence-corrected chi connectivity index (χ3v) is 8.40. The molecule has 0 bridgehead atoms. The number of rotatable bonds is 7. The molecule has 1 fully saturated rings. The van der Waals surface area contributed by atoms with Gasteiger partial charge in [-0.2, -0.15) is 0 Å². The van der Waals surface area contributed by atoms with E-state index in [1.54, 1.807) is 0 Å². The number of sulfone groups is 1. The highest BCUT2D eigenvalue weighted by atomic mass is 35.5. The van der Waals surface area contributed by atoms with Gasteiger partial charge in [-0.25, -0.2) is 8.42 Å². The number of hydrogen-bond acceptors (Lipinski definition) is 6. The average Bonchev–Trinajstić information content (AvgIpc) is 2.74. The van der Waals surface area contributed by atoms with Gasteiger partial charge in [-0.05, 0) is 79.5 Å². The zero-order chi connectivity index (χ0) is 23.6. The number of nitrogens with zero attached hydrogens (tertiary/aromatic N) is 1. The second-order valence-corrected chi connectivity index (χ2v) is 9.90. The van der Waals surface area contributed by atoms with E-state index in [4.69, 9.17) is 16.3 Å². The fraction of sp³-hybridized carbons (Fsp3) is 0.381. The van der Waals surface area contributed by atoms with Crippen LogP contribution in [0, 0.1) is 0 Å². The molecule has 0 atom stereocenters. The Balaban J connectivity index is 1.76. The van der Waals surface area contributed by atoms with Gasteiger partial charge in [-0.3, -0.25) is 4.79 Å². The van der Waals surface area contributed by atoms with Crippen molar-refractivity contribution in [2.45, 2.75) is 35.8 Å². The Morgan fingerprint density at radius 2 is 1.47 bits per heavy atom. The molecular weight excluding hydrogens is 471 g/mol. The van der Waals surface area contributed by atoms with Crippen LogP contribution in [0.1, 0.15) is 19.8 Å². The molecule has 32 heavy (non-hydrogen) atoms. The Bertz CT molecular complexity index is 1050. The molecule has 174 valence electrons. The third kappa shape index (κ3) is 5.19. The van der Waals surface area contributed by atoms with Crippen molar-refractivity contribution in [3.05, 3.63) is 48.5 Å². The summed E-state index contributed by atoms with van der Waals surface area (Å²) in [6.45, 7) is 3.61. The van der Waals surface area contributed by atoms with Gasteiger partial charge in [0.05, 0.1) is 4.90 Å². The highest BCUT2D eigenvalue weighted by Crippen LogP contribution is 2.38. The van der Waals surface area contributed by atoms with Crippen molar-refractivity contribution in [2.75, 3.05) is 19.6 Å². The molecule has 1 heterocycles. The molecule has 0 aliphatic carbocycles. The summed E-state index contributed by atoms with van der Waals surface area (Å²) < 4.78 is 71.0. The smallest absolute Gasteiger partial charge is 0.457 e. The van der Waals surface area contributed by atoms with Gasteiger partial charge in [0.25, 0.3) is 0 Å². The lowest BCUT2D eigenvalue weighted by atomic mass is 9.97. The highest BCUT2D eigenvalue weighted by molar-refractivity contribution is 7.93. The second-order valence-electron chi connectivity index (χ2n) is 7.30. The minimum atomic E-state index is -4.79. The number of benzene rings is 2. The molecule has 11 heteroatoms. The number of halogens is 4. The van der Waals surface area contributed by atoms with Crippen LogP contribution in [0.2, 0.25) is 0 Å². The number of likely N-dealkylation sites (tertiary alicyclic amines) is 1. The van der Waals surface area contributed by atoms with Gasteiger partial charge in [0, 0.05) is 13.1 Å². The predicted molar refractivity (Wildman–Crippen MR) is 112 cm³/mol. The Morgan fingerprint density at radius 3 is 1.91 bits per heavy atom. The van der Waals surface area contributed by atoms with E-state index in [-0.39, 0.29) is 29.2 Å². The van der Waals surface area contributed by atoms with Crippen molar-refractivity contribution in [1.82, 2.24) is 4.90 Å². The van der Waals surface area contributed by atoms with Crippen LogP contribution in [0.5, 0.6) is 17.2 Å². The molecule has 1 saturated heterocycles. The van der Waals surface area contributed by atoms with Gasteiger partial charge in [0.2, 0.25) is 5.24 Å². The fourth-order valence-electron chi connectivity index (χ4n) is 3.56. The van der Waals surface area contributed by atoms with Crippen LogP contribution in [0.25, 0.3) is 0 Å². The SMILES string of the molecule is CCN1CCC(C(=O)Cl)(S(=O)(=O)c2ccc(Oc3ccc(OC(F)(F)F)cc3)cc2)CC1. The lowest BCUT2D eigenvalue weighted by Crippen LogP contribution is -2.52. The first-order valence-electron chi connectivity index (χ1n) is 9.77. The van der Waals surface area contributed by atoms with Crippen molar-refractivity contribution in [3.8, 4) is 17.2 Å². The number of alkyl halides is 3. The Kier molecular flexibility index (Phi) is 7.06. The first kappa shape index (κ1) is 24.3. The van der Waals surface area contributed by atoms with Crippen LogP contribution in [0.15, 0.2) is 53.4 Å². The third-order valence-electron chi connectivity index (χ3n) is 5.41. The number of carbonyl (C=O) groups excluding carboxylic acids is 1. The summed E-state index contributed by atoms with van der Waals surface area (Å²) in [5.74, 6) is 0.103. The largest absolute Gasteiger partial charge is 0.573 e. The molecule has 0 aromatic heterocycles. The standard InChI is InChI=1S/C21H21ClF3NO5S/c1-2-26-13-11-20(12-14-26,19(22)27)32(28,29)18-9-7-16(8-10-18)30-15-3-5-17(6-4-15)31-21(23,24)25/h3-10H,2,11-14H2,1H3. The van der Waals surface area contributed by atoms with Crippen LogP contribution in [-0.4, -0.2) is 49.3 Å². The number of piperidine rings is 1. The Hall–Kier alpha value is -2.30. The molecule has 6 nitrogen and oxygen atoms in total. The number of carbonyl (C=O) groups is 1. The van der Waals surface area contributed by atoms with E-state index >= 15 is 0 Å². The van der Waals surface area contributed by atoms with Gasteiger partial charge in [0.15, 0.2) is 14.6 Å². The maximum absolute atomic E-state index is 13.3. The minimum Gasteiger partial charge on any atom is -0.457 e. The summed E-state index contributed by atoms with van der Waals surface area (Å²) in [5.41, 5.74) is 0. The maximum atomic E-state index is 13.3. The minimum absolute atomic E-state index is 0.0577. The molecule has 2 aromatic carbocycles. The van der Waals surface area contributed by atoms with Gasteiger partial charge in [-0.15, -0.1) is 13.2 Å². The average molecular weight is 492 g/mol. The number of ether oxygens (including phenoxy) is 2. The maximum Gasteiger partial charge on any atom is 0.573 e. The van der Waals surface area contributed by atoms with Crippen LogP contribution in [0.3, 0.4) is 0 Å². The monoisotopic (exact) mass is 491 g/mol. The molecule has 0 spiro atoms. The van der Waals surface area contributed by atoms with Crippen molar-refractivity contribution < 1.29 is 35.9 Å². The van der Waals surface area contributed by atoms with Crippen molar-refractivity contribution in [3.63, 3.8) is 0 Å². The first-order valence-corrected chi connectivity index (χ1v) is 11.6. The molecule has 0 N–H and O–H groups in total. The molecule has 1 aliphatic rings. The Morgan fingerprint density at radius 1 is 1.00 bits per heavy atom. The fourth-order valence-corrected chi connectivity index (χ4v) is 5.93. The quantitative estimate of drug-likeness (QED) is 0.519. The van der Waals surface area contributed by atoms with E-state index in [0.717, 1.165) is 18.7 Å². The summed E-state index contributed by atoms with van der Waals surface area (Å²) in [7, 11) is -4.05. The molecule has 0 amide bonds. The molecule has 1 aliphatic heterocycles. The van der Waals surface area contributed by atoms with E-state index < -0.39 is 31.9 Å². The van der Waals surface area contributed by atoms with Crippen LogP contribution >= 0.6 is 11.6 Å². The molecule has 0 radical (unpaired) electrons. The van der Waals surface area contributed by atoms with Gasteiger partial charge < -0.3 is 14.4 Å². The van der Waals surface area contributed by atoms with E-state index in [1.807, 2.05) is 6.92 Å². The highest BCUT2D eigenvalue weighted by Gasteiger charge is 2.51. The molecule has 2 aromatic rings. The van der Waals surface area contributed by atoms with E-state index in [2.05, 4.69) is 9.64 Å². The normalized spacial score (nSPS) is 17.0. The summed E-state index contributed by atoms with van der Waals surface area (Å²) >= 11 is 5.79. The molecule has 3 rings (SSSR count). The zero-order valence-corrected chi connectivity index (χ0v) is 18.6. The number of hydrogen-bond donors (Lipinski definition) is 0. The van der Waals surface area contributed by atoms with E-state index in [0.29, 0.717) is 13.1 Å². The Labute approximate surface area is 188 Å². The summed E-state index contributed by atoms with van der Waals surface area (Å²) in [4.78, 5) is 14.2. The predicted octanol–water partition coefficient (Wildman–Crippen LogP) is 4.77. The lowest BCUT2D eigenvalue weighted by Gasteiger charge is -2.38. The van der Waals surface area contributed by atoms with Crippen LogP contribution in [-0.2, 0) is 14.6 Å². The summed E-state index contributed by atoms with van der Waals surface area (Å²) in [5, 5.41) is -0.894. The topological polar surface area (TPSA) is 72.9 Å².